The monoisotopic (exact) mass is 345 g/mol. The molecule has 1 aromatic carbocycles. The zero-order valence-electron chi connectivity index (χ0n) is 14.3. The standard InChI is InChI=1S/C17H23N5OS/c1-17(2)12-21(3)9-10-22(17)11-14-19-20-16(24-14)15(23)18-13-7-5-4-6-8-13/h4-8H,9-12H2,1-3H3,(H,18,23). The highest BCUT2D eigenvalue weighted by Gasteiger charge is 2.32. The predicted molar refractivity (Wildman–Crippen MR) is 96.3 cm³/mol. The second kappa shape index (κ2) is 6.96. The number of hydrogen-bond acceptors (Lipinski definition) is 6. The van der Waals surface area contributed by atoms with Crippen molar-refractivity contribution < 1.29 is 4.79 Å². The Bertz CT molecular complexity index is 700. The number of amides is 1. The lowest BCUT2D eigenvalue weighted by molar-refractivity contribution is 0.0252. The van der Waals surface area contributed by atoms with Gasteiger partial charge in [0, 0.05) is 30.9 Å². The molecule has 1 fully saturated rings. The minimum absolute atomic E-state index is 0.0884. The number of hydrogen-bond donors (Lipinski definition) is 1. The summed E-state index contributed by atoms with van der Waals surface area (Å²) in [5.41, 5.74) is 0.852. The largest absolute Gasteiger partial charge is 0.320 e. The zero-order valence-corrected chi connectivity index (χ0v) is 15.1. The third kappa shape index (κ3) is 3.98. The van der Waals surface area contributed by atoms with Gasteiger partial charge in [0.25, 0.3) is 5.91 Å². The van der Waals surface area contributed by atoms with Crippen molar-refractivity contribution in [3.63, 3.8) is 0 Å². The summed E-state index contributed by atoms with van der Waals surface area (Å²) in [6.07, 6.45) is 0. The first-order valence-electron chi connectivity index (χ1n) is 8.06. The number of carbonyl (C=O) groups is 1. The first-order valence-corrected chi connectivity index (χ1v) is 8.88. The van der Waals surface area contributed by atoms with Crippen LogP contribution in [0, 0.1) is 0 Å². The second-order valence-electron chi connectivity index (χ2n) is 6.79. The van der Waals surface area contributed by atoms with Crippen LogP contribution in [0.1, 0.15) is 28.7 Å². The molecule has 1 amide bonds. The molecular formula is C17H23N5OS. The quantitative estimate of drug-likeness (QED) is 0.921. The van der Waals surface area contributed by atoms with Crippen LogP contribution in [0.4, 0.5) is 5.69 Å². The number of nitrogens with one attached hydrogen (secondary N) is 1. The molecule has 0 atom stereocenters. The number of benzene rings is 1. The van der Waals surface area contributed by atoms with Gasteiger partial charge in [-0.25, -0.2) is 0 Å². The molecule has 3 rings (SSSR count). The number of carbonyl (C=O) groups excluding carboxylic acids is 1. The maximum absolute atomic E-state index is 12.3. The fraction of sp³-hybridized carbons (Fsp3) is 0.471. The maximum Gasteiger partial charge on any atom is 0.286 e. The van der Waals surface area contributed by atoms with E-state index in [0.717, 1.165) is 36.9 Å². The highest BCUT2D eigenvalue weighted by atomic mass is 32.1. The molecule has 1 aliphatic heterocycles. The summed E-state index contributed by atoms with van der Waals surface area (Å²) in [5, 5.41) is 12.4. The number of rotatable bonds is 4. The van der Waals surface area contributed by atoms with Crippen LogP contribution in [0.25, 0.3) is 0 Å². The lowest BCUT2D eigenvalue weighted by atomic mass is 9.99. The van der Waals surface area contributed by atoms with E-state index < -0.39 is 0 Å². The zero-order chi connectivity index (χ0) is 17.2. The van der Waals surface area contributed by atoms with Gasteiger partial charge in [0.05, 0.1) is 6.54 Å². The minimum atomic E-state index is -0.206. The SMILES string of the molecule is CN1CCN(Cc2nnc(C(=O)Nc3ccccc3)s2)C(C)(C)C1. The summed E-state index contributed by atoms with van der Waals surface area (Å²) in [6, 6.07) is 9.39. The molecule has 0 saturated carbocycles. The average Bonchev–Trinajstić information content (AvgIpc) is 2.99. The molecule has 1 saturated heterocycles. The lowest BCUT2D eigenvalue weighted by Crippen LogP contribution is -2.57. The molecule has 0 radical (unpaired) electrons. The van der Waals surface area contributed by atoms with Crippen LogP contribution in [-0.2, 0) is 6.54 Å². The molecular weight excluding hydrogens is 322 g/mol. The molecule has 0 bridgehead atoms. The van der Waals surface area contributed by atoms with E-state index in [-0.39, 0.29) is 11.4 Å². The minimum Gasteiger partial charge on any atom is -0.320 e. The smallest absolute Gasteiger partial charge is 0.286 e. The van der Waals surface area contributed by atoms with Crippen LogP contribution in [0.15, 0.2) is 30.3 Å². The molecule has 1 N–H and O–H groups in total. The molecule has 0 aliphatic carbocycles. The Morgan fingerprint density at radius 3 is 2.71 bits per heavy atom. The van der Waals surface area contributed by atoms with Crippen molar-refractivity contribution in [2.45, 2.75) is 25.9 Å². The third-order valence-corrected chi connectivity index (χ3v) is 5.19. The lowest BCUT2D eigenvalue weighted by Gasteiger charge is -2.45. The molecule has 7 heteroatoms. The van der Waals surface area contributed by atoms with Crippen molar-refractivity contribution in [3.05, 3.63) is 40.3 Å². The van der Waals surface area contributed by atoms with Gasteiger partial charge < -0.3 is 10.2 Å². The van der Waals surface area contributed by atoms with E-state index in [9.17, 15) is 4.79 Å². The number of aromatic nitrogens is 2. The van der Waals surface area contributed by atoms with Gasteiger partial charge >= 0.3 is 0 Å². The first kappa shape index (κ1) is 17.0. The van der Waals surface area contributed by atoms with Crippen molar-refractivity contribution >= 4 is 22.9 Å². The van der Waals surface area contributed by atoms with Gasteiger partial charge in [-0.2, -0.15) is 0 Å². The molecule has 1 aliphatic rings. The van der Waals surface area contributed by atoms with E-state index >= 15 is 0 Å². The fourth-order valence-electron chi connectivity index (χ4n) is 3.01. The average molecular weight is 345 g/mol. The normalized spacial score (nSPS) is 18.5. The Morgan fingerprint density at radius 2 is 2.00 bits per heavy atom. The summed E-state index contributed by atoms with van der Waals surface area (Å²) in [7, 11) is 2.15. The molecule has 0 unspecified atom stereocenters. The number of likely N-dealkylation sites (N-methyl/N-ethyl adjacent to an activating group) is 1. The Hall–Kier alpha value is -1.83. The van der Waals surface area contributed by atoms with Crippen molar-refractivity contribution in [3.8, 4) is 0 Å². The molecule has 1 aromatic heterocycles. The Balaban J connectivity index is 1.64. The summed E-state index contributed by atoms with van der Waals surface area (Å²) >= 11 is 1.37. The first-order chi connectivity index (χ1) is 11.4. The topological polar surface area (TPSA) is 61.4 Å². The maximum atomic E-state index is 12.3. The van der Waals surface area contributed by atoms with E-state index in [1.807, 2.05) is 30.3 Å². The van der Waals surface area contributed by atoms with E-state index in [1.54, 1.807) is 0 Å². The number of anilines is 1. The Morgan fingerprint density at radius 1 is 1.25 bits per heavy atom. The van der Waals surface area contributed by atoms with Crippen LogP contribution in [-0.4, -0.2) is 58.1 Å². The van der Waals surface area contributed by atoms with Crippen LogP contribution >= 0.6 is 11.3 Å². The summed E-state index contributed by atoms with van der Waals surface area (Å²) in [6.45, 7) is 8.28. The highest BCUT2D eigenvalue weighted by Crippen LogP contribution is 2.24. The highest BCUT2D eigenvalue weighted by molar-refractivity contribution is 7.13. The molecule has 2 heterocycles. The van der Waals surface area contributed by atoms with Gasteiger partial charge in [0.2, 0.25) is 5.01 Å². The van der Waals surface area contributed by atoms with E-state index in [1.165, 1.54) is 11.3 Å². The van der Waals surface area contributed by atoms with Gasteiger partial charge in [-0.05, 0) is 33.0 Å². The molecule has 0 spiro atoms. The Kier molecular flexibility index (Phi) is 4.93. The summed E-state index contributed by atoms with van der Waals surface area (Å²) in [5.74, 6) is -0.206. The predicted octanol–water partition coefficient (Wildman–Crippen LogP) is 2.32. The number of nitrogens with zero attached hydrogens (tertiary/aromatic N) is 4. The van der Waals surface area contributed by atoms with E-state index in [4.69, 9.17) is 0 Å². The van der Waals surface area contributed by atoms with Crippen LogP contribution in [0.2, 0.25) is 0 Å². The Labute approximate surface area is 146 Å². The van der Waals surface area contributed by atoms with Gasteiger partial charge in [-0.15, -0.1) is 10.2 Å². The van der Waals surface area contributed by atoms with Crippen molar-refractivity contribution in [1.82, 2.24) is 20.0 Å². The van der Waals surface area contributed by atoms with Crippen LogP contribution in [0.3, 0.4) is 0 Å². The van der Waals surface area contributed by atoms with Gasteiger partial charge in [0.1, 0.15) is 5.01 Å². The summed E-state index contributed by atoms with van der Waals surface area (Å²) < 4.78 is 0. The summed E-state index contributed by atoms with van der Waals surface area (Å²) in [4.78, 5) is 17.0. The van der Waals surface area contributed by atoms with Crippen molar-refractivity contribution in [1.29, 1.82) is 0 Å². The van der Waals surface area contributed by atoms with Gasteiger partial charge in [-0.3, -0.25) is 9.69 Å². The second-order valence-corrected chi connectivity index (χ2v) is 7.85. The van der Waals surface area contributed by atoms with E-state index in [0.29, 0.717) is 5.01 Å². The fourth-order valence-corrected chi connectivity index (χ4v) is 3.76. The van der Waals surface area contributed by atoms with Crippen LogP contribution in [0.5, 0.6) is 0 Å². The van der Waals surface area contributed by atoms with Crippen LogP contribution < -0.4 is 5.32 Å². The molecule has 6 nitrogen and oxygen atoms in total. The number of piperazine rings is 1. The third-order valence-electron chi connectivity index (χ3n) is 4.28. The molecule has 24 heavy (non-hydrogen) atoms. The number of para-hydroxylation sites is 1. The van der Waals surface area contributed by atoms with Crippen molar-refractivity contribution in [2.75, 3.05) is 32.0 Å². The van der Waals surface area contributed by atoms with Crippen molar-refractivity contribution in [2.24, 2.45) is 0 Å². The van der Waals surface area contributed by atoms with Gasteiger partial charge in [0.15, 0.2) is 0 Å². The molecule has 128 valence electrons. The van der Waals surface area contributed by atoms with Gasteiger partial charge in [-0.1, -0.05) is 29.5 Å². The molecule has 2 aromatic rings. The van der Waals surface area contributed by atoms with E-state index in [2.05, 4.69) is 46.2 Å².